The fourth-order valence-corrected chi connectivity index (χ4v) is 1.41. The van der Waals surface area contributed by atoms with Crippen LogP contribution < -0.4 is 0 Å². The van der Waals surface area contributed by atoms with Crippen molar-refractivity contribution in [3.63, 3.8) is 0 Å². The summed E-state index contributed by atoms with van der Waals surface area (Å²) in [7, 11) is 1.40. The van der Waals surface area contributed by atoms with Gasteiger partial charge in [-0.15, -0.1) is 0 Å². The van der Waals surface area contributed by atoms with E-state index in [2.05, 4.69) is 0 Å². The van der Waals surface area contributed by atoms with Gasteiger partial charge in [0, 0.05) is 7.05 Å². The van der Waals surface area contributed by atoms with Gasteiger partial charge in [-0.05, 0) is 32.4 Å². The number of aromatic hydroxyl groups is 1. The third kappa shape index (κ3) is 2.30. The number of carboxylic acids is 1. The van der Waals surface area contributed by atoms with Crippen molar-refractivity contribution in [3.05, 3.63) is 29.3 Å². The largest absolute Gasteiger partial charge is 0.507 e. The molecule has 0 saturated carbocycles. The molecule has 0 unspecified atom stereocenters. The number of carboxylic acid groups (broad SMARTS) is 1. The fourth-order valence-electron chi connectivity index (χ4n) is 1.41. The number of carbonyl (C=O) groups is 2. The monoisotopic (exact) mass is 251 g/mol. The third-order valence-corrected chi connectivity index (χ3v) is 3.13. The van der Waals surface area contributed by atoms with Crippen molar-refractivity contribution in [1.29, 1.82) is 0 Å². The second-order valence-electron chi connectivity index (χ2n) is 4.70. The van der Waals surface area contributed by atoms with Gasteiger partial charge < -0.3 is 15.1 Å². The van der Waals surface area contributed by atoms with Gasteiger partial charge >= 0.3 is 5.97 Å². The van der Waals surface area contributed by atoms with E-state index in [0.29, 0.717) is 5.56 Å². The number of amides is 1. The lowest BCUT2D eigenvalue weighted by molar-refractivity contribution is -0.147. The zero-order chi connectivity index (χ0) is 14.1. The van der Waals surface area contributed by atoms with Crippen LogP contribution in [0.2, 0.25) is 0 Å². The quantitative estimate of drug-likeness (QED) is 0.856. The SMILES string of the molecule is Cc1cccc(C(=O)N(C)C(C)(C)C(=O)O)c1O. The highest BCUT2D eigenvalue weighted by Crippen LogP contribution is 2.25. The van der Waals surface area contributed by atoms with Crippen LogP contribution in [0.1, 0.15) is 29.8 Å². The normalized spacial score (nSPS) is 11.1. The number of aliphatic carboxylic acids is 1. The molecule has 0 fully saturated rings. The number of nitrogens with zero attached hydrogens (tertiary/aromatic N) is 1. The smallest absolute Gasteiger partial charge is 0.329 e. The van der Waals surface area contributed by atoms with Crippen LogP contribution in [0.3, 0.4) is 0 Å². The molecule has 1 aromatic carbocycles. The van der Waals surface area contributed by atoms with Gasteiger partial charge in [-0.2, -0.15) is 0 Å². The highest BCUT2D eigenvalue weighted by molar-refractivity contribution is 5.99. The number of phenols is 1. The molecule has 18 heavy (non-hydrogen) atoms. The lowest BCUT2D eigenvalue weighted by Gasteiger charge is -2.31. The molecular weight excluding hydrogens is 234 g/mol. The molecule has 98 valence electrons. The molecule has 0 saturated heterocycles. The second kappa shape index (κ2) is 4.68. The fraction of sp³-hybridized carbons (Fsp3) is 0.385. The Morgan fingerprint density at radius 2 is 1.83 bits per heavy atom. The number of para-hydroxylation sites is 1. The molecule has 0 atom stereocenters. The Morgan fingerprint density at radius 3 is 2.33 bits per heavy atom. The van der Waals surface area contributed by atoms with E-state index in [1.165, 1.54) is 27.0 Å². The van der Waals surface area contributed by atoms with Crippen LogP contribution >= 0.6 is 0 Å². The Bertz CT molecular complexity index is 494. The van der Waals surface area contributed by atoms with Crippen molar-refractivity contribution in [2.75, 3.05) is 7.05 Å². The number of likely N-dealkylation sites (N-methyl/N-ethyl adjacent to an activating group) is 1. The maximum Gasteiger partial charge on any atom is 0.329 e. The number of hydrogen-bond donors (Lipinski definition) is 2. The summed E-state index contributed by atoms with van der Waals surface area (Å²) in [5, 5.41) is 18.9. The van der Waals surface area contributed by atoms with Gasteiger partial charge in [0.2, 0.25) is 0 Å². The first-order chi connectivity index (χ1) is 8.19. The zero-order valence-corrected chi connectivity index (χ0v) is 10.9. The van der Waals surface area contributed by atoms with Gasteiger partial charge in [0.05, 0.1) is 5.56 Å². The molecule has 5 nitrogen and oxygen atoms in total. The molecule has 0 spiro atoms. The van der Waals surface area contributed by atoms with Gasteiger partial charge in [0.1, 0.15) is 11.3 Å². The third-order valence-electron chi connectivity index (χ3n) is 3.13. The molecule has 2 N–H and O–H groups in total. The minimum Gasteiger partial charge on any atom is -0.507 e. The van der Waals surface area contributed by atoms with E-state index >= 15 is 0 Å². The maximum absolute atomic E-state index is 12.2. The Labute approximate surface area is 106 Å². The van der Waals surface area contributed by atoms with Gasteiger partial charge in [-0.1, -0.05) is 12.1 Å². The highest BCUT2D eigenvalue weighted by atomic mass is 16.4. The topological polar surface area (TPSA) is 77.8 Å². The summed E-state index contributed by atoms with van der Waals surface area (Å²) in [5.74, 6) is -1.75. The van der Waals surface area contributed by atoms with Crippen LogP contribution in [-0.4, -0.2) is 39.6 Å². The standard InChI is InChI=1S/C13H17NO4/c1-8-6-5-7-9(10(8)15)11(16)14(4)13(2,3)12(17)18/h5-7,15H,1-4H3,(H,17,18). The number of phenolic OH excluding ortho intramolecular Hbond substituents is 1. The van der Waals surface area contributed by atoms with Gasteiger partial charge in [0.25, 0.3) is 5.91 Å². The summed E-state index contributed by atoms with van der Waals surface area (Å²) in [6.07, 6.45) is 0. The molecule has 1 amide bonds. The van der Waals surface area contributed by atoms with Crippen molar-refractivity contribution in [2.24, 2.45) is 0 Å². The van der Waals surface area contributed by atoms with E-state index in [4.69, 9.17) is 5.11 Å². The van der Waals surface area contributed by atoms with Crippen LogP contribution in [0.4, 0.5) is 0 Å². The lowest BCUT2D eigenvalue weighted by Crippen LogP contribution is -2.50. The Kier molecular flexibility index (Phi) is 3.65. The van der Waals surface area contributed by atoms with Crippen molar-refractivity contribution in [2.45, 2.75) is 26.3 Å². The van der Waals surface area contributed by atoms with E-state index < -0.39 is 17.4 Å². The summed E-state index contributed by atoms with van der Waals surface area (Å²) in [6.45, 7) is 4.54. The van der Waals surface area contributed by atoms with E-state index in [9.17, 15) is 14.7 Å². The predicted molar refractivity (Wildman–Crippen MR) is 66.7 cm³/mol. The van der Waals surface area contributed by atoms with Crippen LogP contribution in [0, 0.1) is 6.92 Å². The molecule has 5 heteroatoms. The summed E-state index contributed by atoms with van der Waals surface area (Å²) in [4.78, 5) is 24.4. The summed E-state index contributed by atoms with van der Waals surface area (Å²) in [5.41, 5.74) is -0.665. The molecule has 0 aliphatic heterocycles. The van der Waals surface area contributed by atoms with Gasteiger partial charge in [-0.3, -0.25) is 4.79 Å². The molecule has 1 aromatic rings. The minimum absolute atomic E-state index is 0.104. The first-order valence-corrected chi connectivity index (χ1v) is 5.49. The molecule has 0 aliphatic rings. The molecule has 0 heterocycles. The molecule has 0 aliphatic carbocycles. The van der Waals surface area contributed by atoms with Crippen LogP contribution in [-0.2, 0) is 4.79 Å². The minimum atomic E-state index is -1.34. The summed E-state index contributed by atoms with van der Waals surface area (Å²) in [6, 6.07) is 4.79. The molecule has 0 radical (unpaired) electrons. The molecular formula is C13H17NO4. The summed E-state index contributed by atoms with van der Waals surface area (Å²) < 4.78 is 0. The predicted octanol–water partition coefficient (Wildman–Crippen LogP) is 1.64. The van der Waals surface area contributed by atoms with Crippen molar-refractivity contribution in [1.82, 2.24) is 4.90 Å². The maximum atomic E-state index is 12.2. The van der Waals surface area contributed by atoms with E-state index in [1.54, 1.807) is 19.1 Å². The number of carbonyl (C=O) groups excluding carboxylic acids is 1. The van der Waals surface area contributed by atoms with E-state index in [-0.39, 0.29) is 11.3 Å². The number of aryl methyl sites for hydroxylation is 1. The number of benzene rings is 1. The second-order valence-corrected chi connectivity index (χ2v) is 4.70. The van der Waals surface area contributed by atoms with Crippen LogP contribution in [0.15, 0.2) is 18.2 Å². The van der Waals surface area contributed by atoms with Gasteiger partial charge in [0.15, 0.2) is 0 Å². The van der Waals surface area contributed by atoms with Crippen LogP contribution in [0.5, 0.6) is 5.75 Å². The Hall–Kier alpha value is -2.04. The molecule has 0 aromatic heterocycles. The highest BCUT2D eigenvalue weighted by Gasteiger charge is 2.36. The first kappa shape index (κ1) is 14.0. The molecule has 1 rings (SSSR count). The van der Waals surface area contributed by atoms with Crippen molar-refractivity contribution in [3.8, 4) is 5.75 Å². The van der Waals surface area contributed by atoms with Gasteiger partial charge in [-0.25, -0.2) is 4.79 Å². The van der Waals surface area contributed by atoms with Crippen molar-refractivity contribution < 1.29 is 19.8 Å². The Balaban J connectivity index is 3.16. The Morgan fingerprint density at radius 1 is 1.28 bits per heavy atom. The summed E-state index contributed by atoms with van der Waals surface area (Å²) >= 11 is 0. The van der Waals surface area contributed by atoms with Crippen molar-refractivity contribution >= 4 is 11.9 Å². The number of rotatable bonds is 3. The van der Waals surface area contributed by atoms with E-state index in [1.807, 2.05) is 0 Å². The van der Waals surface area contributed by atoms with E-state index in [0.717, 1.165) is 4.90 Å². The zero-order valence-electron chi connectivity index (χ0n) is 10.9. The molecule has 0 bridgehead atoms. The lowest BCUT2D eigenvalue weighted by atomic mass is 10.0. The average Bonchev–Trinajstić information content (AvgIpc) is 2.30. The van der Waals surface area contributed by atoms with Crippen LogP contribution in [0.25, 0.3) is 0 Å². The average molecular weight is 251 g/mol. The first-order valence-electron chi connectivity index (χ1n) is 5.49. The number of hydrogen-bond acceptors (Lipinski definition) is 3.